The van der Waals surface area contributed by atoms with Gasteiger partial charge in [-0.05, 0) is 29.8 Å². The lowest BCUT2D eigenvalue weighted by molar-refractivity contribution is 0.322. The monoisotopic (exact) mass is 234 g/mol. The maximum atomic E-state index is 13.5. The van der Waals surface area contributed by atoms with Gasteiger partial charge in [-0.25, -0.2) is 8.78 Å². The lowest BCUT2D eigenvalue weighted by Gasteiger charge is -2.03. The smallest absolute Gasteiger partial charge is 0.135 e. The molecule has 1 aromatic heterocycles. The molecule has 0 bridgehead atoms. The molecule has 0 saturated heterocycles. The Kier molecular flexibility index (Phi) is 3.09. The van der Waals surface area contributed by atoms with E-state index in [-0.39, 0.29) is 5.56 Å². The number of oxime groups is 1. The van der Waals surface area contributed by atoms with Gasteiger partial charge >= 0.3 is 0 Å². The molecule has 2 rings (SSSR count). The van der Waals surface area contributed by atoms with E-state index in [0.717, 1.165) is 12.1 Å². The van der Waals surface area contributed by atoms with Crippen LogP contribution in [-0.4, -0.2) is 16.4 Å². The molecule has 5 heteroatoms. The van der Waals surface area contributed by atoms with Crippen LogP contribution in [0.3, 0.4) is 0 Å². The van der Waals surface area contributed by atoms with Gasteiger partial charge in [-0.3, -0.25) is 4.98 Å². The van der Waals surface area contributed by atoms with Crippen molar-refractivity contribution in [2.24, 2.45) is 5.16 Å². The standard InChI is InChI=1S/C12H8F2N2O/c13-9-1-2-10(11(14)6-9)12-5-8(7-16-17)3-4-15-12/h1-7,17H. The fourth-order valence-electron chi connectivity index (χ4n) is 1.44. The summed E-state index contributed by atoms with van der Waals surface area (Å²) in [5.41, 5.74) is 1.11. The van der Waals surface area contributed by atoms with Gasteiger partial charge in [-0.1, -0.05) is 5.16 Å². The third kappa shape index (κ3) is 2.44. The van der Waals surface area contributed by atoms with Gasteiger partial charge in [0, 0.05) is 17.8 Å². The highest BCUT2D eigenvalue weighted by Crippen LogP contribution is 2.21. The molecule has 3 nitrogen and oxygen atoms in total. The van der Waals surface area contributed by atoms with Crippen LogP contribution >= 0.6 is 0 Å². The largest absolute Gasteiger partial charge is 0.411 e. The van der Waals surface area contributed by atoms with E-state index in [4.69, 9.17) is 5.21 Å². The van der Waals surface area contributed by atoms with E-state index in [2.05, 4.69) is 10.1 Å². The minimum Gasteiger partial charge on any atom is -0.411 e. The van der Waals surface area contributed by atoms with Crippen LogP contribution in [0.1, 0.15) is 5.56 Å². The summed E-state index contributed by atoms with van der Waals surface area (Å²) in [6, 6.07) is 6.41. The van der Waals surface area contributed by atoms with E-state index in [1.807, 2.05) is 0 Å². The van der Waals surface area contributed by atoms with Gasteiger partial charge in [0.2, 0.25) is 0 Å². The second kappa shape index (κ2) is 4.69. The molecule has 2 aromatic rings. The Morgan fingerprint density at radius 2 is 2.00 bits per heavy atom. The second-order valence-corrected chi connectivity index (χ2v) is 3.34. The van der Waals surface area contributed by atoms with Gasteiger partial charge in [0.15, 0.2) is 0 Å². The highest BCUT2D eigenvalue weighted by molar-refractivity contribution is 5.81. The average Bonchev–Trinajstić information content (AvgIpc) is 2.29. The molecule has 86 valence electrons. The fraction of sp³-hybridized carbons (Fsp3) is 0. The lowest BCUT2D eigenvalue weighted by atomic mass is 10.1. The highest BCUT2D eigenvalue weighted by atomic mass is 19.1. The van der Waals surface area contributed by atoms with Crippen LogP contribution in [0.5, 0.6) is 0 Å². The Bertz CT molecular complexity index is 570. The Labute approximate surface area is 96.0 Å². The predicted molar refractivity (Wildman–Crippen MR) is 59.0 cm³/mol. The molecular weight excluding hydrogens is 226 g/mol. The molecule has 0 aliphatic rings. The van der Waals surface area contributed by atoms with Crippen LogP contribution in [0.15, 0.2) is 41.7 Å². The van der Waals surface area contributed by atoms with Crippen molar-refractivity contribution in [3.8, 4) is 11.3 Å². The van der Waals surface area contributed by atoms with Crippen LogP contribution in [-0.2, 0) is 0 Å². The van der Waals surface area contributed by atoms with E-state index >= 15 is 0 Å². The molecule has 0 spiro atoms. The molecule has 0 fully saturated rings. The first kappa shape index (κ1) is 11.2. The number of hydrogen-bond donors (Lipinski definition) is 1. The number of hydrogen-bond acceptors (Lipinski definition) is 3. The van der Waals surface area contributed by atoms with Crippen molar-refractivity contribution in [1.82, 2.24) is 4.98 Å². The van der Waals surface area contributed by atoms with Crippen molar-refractivity contribution < 1.29 is 14.0 Å². The van der Waals surface area contributed by atoms with Crippen LogP contribution in [0.2, 0.25) is 0 Å². The van der Waals surface area contributed by atoms with Crippen molar-refractivity contribution in [1.29, 1.82) is 0 Å². The van der Waals surface area contributed by atoms with Gasteiger partial charge in [0.1, 0.15) is 11.6 Å². The summed E-state index contributed by atoms with van der Waals surface area (Å²) in [7, 11) is 0. The molecule has 1 aromatic carbocycles. The van der Waals surface area contributed by atoms with Crippen LogP contribution < -0.4 is 0 Å². The molecule has 0 amide bonds. The summed E-state index contributed by atoms with van der Waals surface area (Å²) < 4.78 is 26.2. The van der Waals surface area contributed by atoms with Crippen LogP contribution in [0.4, 0.5) is 8.78 Å². The normalized spacial score (nSPS) is 10.9. The fourth-order valence-corrected chi connectivity index (χ4v) is 1.44. The molecule has 0 saturated carbocycles. The quantitative estimate of drug-likeness (QED) is 0.493. The maximum Gasteiger partial charge on any atom is 0.135 e. The van der Waals surface area contributed by atoms with E-state index in [1.54, 1.807) is 6.07 Å². The number of nitrogens with zero attached hydrogens (tertiary/aromatic N) is 2. The Morgan fingerprint density at radius 3 is 2.71 bits per heavy atom. The Morgan fingerprint density at radius 1 is 1.18 bits per heavy atom. The zero-order valence-corrected chi connectivity index (χ0v) is 8.64. The minimum atomic E-state index is -0.685. The number of benzene rings is 1. The zero-order valence-electron chi connectivity index (χ0n) is 8.64. The first-order chi connectivity index (χ1) is 8.20. The molecule has 0 atom stereocenters. The Balaban J connectivity index is 2.49. The molecular formula is C12H8F2N2O. The molecule has 1 heterocycles. The zero-order chi connectivity index (χ0) is 12.3. The molecule has 0 aliphatic carbocycles. The van der Waals surface area contributed by atoms with E-state index in [1.165, 1.54) is 24.5 Å². The first-order valence-corrected chi connectivity index (χ1v) is 4.79. The minimum absolute atomic E-state index is 0.194. The predicted octanol–water partition coefficient (Wildman–Crippen LogP) is 2.83. The van der Waals surface area contributed by atoms with Gasteiger partial charge < -0.3 is 5.21 Å². The molecule has 0 aliphatic heterocycles. The average molecular weight is 234 g/mol. The summed E-state index contributed by atoms with van der Waals surface area (Å²) in [6.45, 7) is 0. The lowest BCUT2D eigenvalue weighted by Crippen LogP contribution is -1.91. The van der Waals surface area contributed by atoms with Crippen molar-refractivity contribution >= 4 is 6.21 Å². The summed E-state index contributed by atoms with van der Waals surface area (Å²) in [5.74, 6) is -1.32. The molecule has 17 heavy (non-hydrogen) atoms. The molecule has 1 N–H and O–H groups in total. The third-order valence-electron chi connectivity index (χ3n) is 2.20. The number of rotatable bonds is 2. The van der Waals surface area contributed by atoms with Crippen LogP contribution in [0.25, 0.3) is 11.3 Å². The van der Waals surface area contributed by atoms with Crippen molar-refractivity contribution in [2.45, 2.75) is 0 Å². The van der Waals surface area contributed by atoms with Crippen molar-refractivity contribution in [3.05, 3.63) is 53.7 Å². The maximum absolute atomic E-state index is 13.5. The number of halogens is 2. The Hall–Kier alpha value is -2.30. The van der Waals surface area contributed by atoms with Gasteiger partial charge in [-0.2, -0.15) is 0 Å². The van der Waals surface area contributed by atoms with E-state index < -0.39 is 11.6 Å². The highest BCUT2D eigenvalue weighted by Gasteiger charge is 2.07. The summed E-state index contributed by atoms with van der Waals surface area (Å²) >= 11 is 0. The van der Waals surface area contributed by atoms with Crippen molar-refractivity contribution in [3.63, 3.8) is 0 Å². The van der Waals surface area contributed by atoms with Crippen molar-refractivity contribution in [2.75, 3.05) is 0 Å². The summed E-state index contributed by atoms with van der Waals surface area (Å²) in [6.07, 6.45) is 2.65. The van der Waals surface area contributed by atoms with E-state index in [0.29, 0.717) is 11.3 Å². The molecule has 0 unspecified atom stereocenters. The van der Waals surface area contributed by atoms with Crippen LogP contribution in [0, 0.1) is 11.6 Å². The second-order valence-electron chi connectivity index (χ2n) is 3.34. The topological polar surface area (TPSA) is 45.5 Å². The summed E-state index contributed by atoms with van der Waals surface area (Å²) in [5, 5.41) is 11.3. The third-order valence-corrected chi connectivity index (χ3v) is 2.20. The van der Waals surface area contributed by atoms with Gasteiger partial charge in [-0.15, -0.1) is 0 Å². The molecule has 0 radical (unpaired) electrons. The van der Waals surface area contributed by atoms with E-state index in [9.17, 15) is 8.78 Å². The SMILES string of the molecule is ON=Cc1ccnc(-c2ccc(F)cc2F)c1. The van der Waals surface area contributed by atoms with Gasteiger partial charge in [0.05, 0.1) is 11.9 Å². The number of aromatic nitrogens is 1. The van der Waals surface area contributed by atoms with Gasteiger partial charge in [0.25, 0.3) is 0 Å². The summed E-state index contributed by atoms with van der Waals surface area (Å²) in [4.78, 5) is 3.98. The first-order valence-electron chi connectivity index (χ1n) is 4.79. The number of pyridine rings is 1.